The predicted octanol–water partition coefficient (Wildman–Crippen LogP) is 1.97. The van der Waals surface area contributed by atoms with Crippen LogP contribution in [0.15, 0.2) is 18.2 Å². The number of hydrogen-bond acceptors (Lipinski definition) is 3. The van der Waals surface area contributed by atoms with E-state index in [1.54, 1.807) is 0 Å². The van der Waals surface area contributed by atoms with Crippen LogP contribution in [0, 0.1) is 0 Å². The fraction of sp³-hybridized carbons (Fsp3) is 0.600. The molecule has 1 atom stereocenters. The lowest BCUT2D eigenvalue weighted by atomic mass is 9.78. The molecule has 1 fully saturated rings. The van der Waals surface area contributed by atoms with Crippen molar-refractivity contribution in [3.05, 3.63) is 29.3 Å². The summed E-state index contributed by atoms with van der Waals surface area (Å²) in [5, 5.41) is 9.84. The van der Waals surface area contributed by atoms with E-state index in [4.69, 9.17) is 9.31 Å². The first-order valence-electron chi connectivity index (χ1n) is 6.97. The van der Waals surface area contributed by atoms with Crippen LogP contribution < -0.4 is 5.46 Å². The highest BCUT2D eigenvalue weighted by Gasteiger charge is 2.51. The standard InChI is InChI=1S/C15H21BO3/c1-14(2)15(3,4)19-16(18-14)11-6-7-12-10(9-11)5-8-13(12)17/h6-7,9,13,17H,5,8H2,1-4H3. The lowest BCUT2D eigenvalue weighted by Crippen LogP contribution is -2.41. The van der Waals surface area contributed by atoms with Gasteiger partial charge >= 0.3 is 7.12 Å². The lowest BCUT2D eigenvalue weighted by Gasteiger charge is -2.32. The van der Waals surface area contributed by atoms with Crippen LogP contribution in [0.25, 0.3) is 0 Å². The van der Waals surface area contributed by atoms with Gasteiger partial charge in [-0.2, -0.15) is 0 Å². The van der Waals surface area contributed by atoms with Crippen LogP contribution in [0.3, 0.4) is 0 Å². The van der Waals surface area contributed by atoms with E-state index < -0.39 is 0 Å². The number of aliphatic hydroxyl groups excluding tert-OH is 1. The third-order valence-corrected chi connectivity index (χ3v) is 4.74. The van der Waals surface area contributed by atoms with Crippen molar-refractivity contribution in [2.45, 2.75) is 57.8 Å². The van der Waals surface area contributed by atoms with E-state index in [0.717, 1.165) is 23.9 Å². The molecule has 3 rings (SSSR count). The second-order valence-corrected chi connectivity index (χ2v) is 6.60. The Morgan fingerprint density at radius 3 is 2.42 bits per heavy atom. The quantitative estimate of drug-likeness (QED) is 0.784. The Balaban J connectivity index is 1.89. The highest BCUT2D eigenvalue weighted by molar-refractivity contribution is 6.62. The molecule has 1 N–H and O–H groups in total. The van der Waals surface area contributed by atoms with Crippen LogP contribution in [0.5, 0.6) is 0 Å². The number of fused-ring (bicyclic) bond motifs is 1. The zero-order valence-electron chi connectivity index (χ0n) is 12.1. The van der Waals surface area contributed by atoms with Crippen LogP contribution in [0.2, 0.25) is 0 Å². The number of rotatable bonds is 1. The first kappa shape index (κ1) is 13.2. The molecule has 0 aromatic heterocycles. The molecule has 1 heterocycles. The molecule has 1 saturated heterocycles. The van der Waals surface area contributed by atoms with E-state index in [9.17, 15) is 5.11 Å². The Hall–Kier alpha value is -0.835. The van der Waals surface area contributed by atoms with Gasteiger partial charge < -0.3 is 14.4 Å². The van der Waals surface area contributed by atoms with Gasteiger partial charge in [0.15, 0.2) is 0 Å². The van der Waals surface area contributed by atoms with Gasteiger partial charge in [-0.25, -0.2) is 0 Å². The average molecular weight is 260 g/mol. The minimum Gasteiger partial charge on any atom is -0.399 e. The molecule has 19 heavy (non-hydrogen) atoms. The molecule has 0 radical (unpaired) electrons. The van der Waals surface area contributed by atoms with E-state index >= 15 is 0 Å². The maximum atomic E-state index is 9.84. The van der Waals surface area contributed by atoms with Crippen molar-refractivity contribution in [1.29, 1.82) is 0 Å². The van der Waals surface area contributed by atoms with Gasteiger partial charge in [0.05, 0.1) is 17.3 Å². The normalized spacial score (nSPS) is 27.6. The molecule has 1 aromatic carbocycles. The predicted molar refractivity (Wildman–Crippen MR) is 75.4 cm³/mol. The van der Waals surface area contributed by atoms with Gasteiger partial charge in [-0.3, -0.25) is 0 Å². The second-order valence-electron chi connectivity index (χ2n) is 6.60. The molecule has 0 spiro atoms. The molecule has 0 saturated carbocycles. The summed E-state index contributed by atoms with van der Waals surface area (Å²) in [6, 6.07) is 6.14. The zero-order chi connectivity index (χ0) is 13.8. The maximum Gasteiger partial charge on any atom is 0.494 e. The van der Waals surface area contributed by atoms with E-state index in [2.05, 4.69) is 33.8 Å². The Morgan fingerprint density at radius 2 is 1.79 bits per heavy atom. The van der Waals surface area contributed by atoms with Gasteiger partial charge in [0.2, 0.25) is 0 Å². The first-order valence-corrected chi connectivity index (χ1v) is 6.97. The van der Waals surface area contributed by atoms with Crippen molar-refractivity contribution < 1.29 is 14.4 Å². The van der Waals surface area contributed by atoms with Crippen molar-refractivity contribution in [1.82, 2.24) is 0 Å². The molecule has 3 nitrogen and oxygen atoms in total. The summed E-state index contributed by atoms with van der Waals surface area (Å²) in [5.41, 5.74) is 2.71. The fourth-order valence-electron chi connectivity index (χ4n) is 2.74. The Morgan fingerprint density at radius 1 is 1.16 bits per heavy atom. The van der Waals surface area contributed by atoms with Gasteiger partial charge in [-0.1, -0.05) is 18.2 Å². The summed E-state index contributed by atoms with van der Waals surface area (Å²) in [6.45, 7) is 8.24. The average Bonchev–Trinajstić information content (AvgIpc) is 2.78. The zero-order valence-corrected chi connectivity index (χ0v) is 12.1. The summed E-state index contributed by atoms with van der Waals surface area (Å²) in [4.78, 5) is 0. The third kappa shape index (κ3) is 2.02. The molecule has 0 amide bonds. The summed E-state index contributed by atoms with van der Waals surface area (Å²) in [5.74, 6) is 0. The van der Waals surface area contributed by atoms with Gasteiger partial charge in [0, 0.05) is 0 Å². The summed E-state index contributed by atoms with van der Waals surface area (Å²) < 4.78 is 12.1. The Kier molecular flexibility index (Phi) is 2.82. The van der Waals surface area contributed by atoms with E-state index in [-0.39, 0.29) is 24.4 Å². The largest absolute Gasteiger partial charge is 0.494 e. The Bertz CT molecular complexity index is 494. The molecule has 2 aliphatic rings. The van der Waals surface area contributed by atoms with Gasteiger partial charge in [0.25, 0.3) is 0 Å². The molecule has 1 unspecified atom stereocenters. The minimum absolute atomic E-state index is 0.303. The molecule has 1 aliphatic carbocycles. The van der Waals surface area contributed by atoms with Gasteiger partial charge in [-0.15, -0.1) is 0 Å². The first-order chi connectivity index (χ1) is 8.80. The molecule has 102 valence electrons. The highest BCUT2D eigenvalue weighted by Crippen LogP contribution is 2.37. The lowest BCUT2D eigenvalue weighted by molar-refractivity contribution is 0.00578. The van der Waals surface area contributed by atoms with Crippen molar-refractivity contribution in [3.8, 4) is 0 Å². The van der Waals surface area contributed by atoms with Crippen molar-refractivity contribution in [3.63, 3.8) is 0 Å². The van der Waals surface area contributed by atoms with E-state index in [1.807, 2.05) is 12.1 Å². The van der Waals surface area contributed by atoms with Crippen LogP contribution in [0.4, 0.5) is 0 Å². The smallest absolute Gasteiger partial charge is 0.399 e. The number of hydrogen-bond donors (Lipinski definition) is 1. The summed E-state index contributed by atoms with van der Waals surface area (Å²) in [6.07, 6.45) is 1.45. The van der Waals surface area contributed by atoms with Gasteiger partial charge in [-0.05, 0) is 57.1 Å². The van der Waals surface area contributed by atoms with Gasteiger partial charge in [0.1, 0.15) is 0 Å². The fourth-order valence-corrected chi connectivity index (χ4v) is 2.74. The molecule has 1 aliphatic heterocycles. The molecular formula is C15H21BO3. The maximum absolute atomic E-state index is 9.84. The van der Waals surface area contributed by atoms with Crippen LogP contribution in [0.1, 0.15) is 51.3 Å². The third-order valence-electron chi connectivity index (χ3n) is 4.74. The summed E-state index contributed by atoms with van der Waals surface area (Å²) in [7, 11) is -0.312. The highest BCUT2D eigenvalue weighted by atomic mass is 16.7. The van der Waals surface area contributed by atoms with Crippen LogP contribution in [-0.2, 0) is 15.7 Å². The molecule has 1 aromatic rings. The van der Waals surface area contributed by atoms with Crippen molar-refractivity contribution >= 4 is 12.6 Å². The summed E-state index contributed by atoms with van der Waals surface area (Å²) >= 11 is 0. The van der Waals surface area contributed by atoms with Crippen LogP contribution in [-0.4, -0.2) is 23.4 Å². The molecular weight excluding hydrogens is 239 g/mol. The van der Waals surface area contributed by atoms with E-state index in [0.29, 0.717) is 0 Å². The minimum atomic E-state index is -0.312. The number of aliphatic hydroxyl groups is 1. The monoisotopic (exact) mass is 260 g/mol. The van der Waals surface area contributed by atoms with Crippen molar-refractivity contribution in [2.75, 3.05) is 0 Å². The SMILES string of the molecule is CC1(C)OB(c2ccc3c(c2)CCC3O)OC1(C)C. The van der Waals surface area contributed by atoms with Crippen LogP contribution >= 0.6 is 0 Å². The number of benzene rings is 1. The second kappa shape index (κ2) is 4.08. The van der Waals surface area contributed by atoms with E-state index in [1.165, 1.54) is 5.56 Å². The topological polar surface area (TPSA) is 38.7 Å². The Labute approximate surface area is 115 Å². The molecule has 0 bridgehead atoms. The van der Waals surface area contributed by atoms with Crippen molar-refractivity contribution in [2.24, 2.45) is 0 Å². The molecule has 4 heteroatoms. The number of aryl methyl sites for hydroxylation is 1.